The van der Waals surface area contributed by atoms with Crippen LogP contribution in [0.1, 0.15) is 25.8 Å². The molecule has 0 fully saturated rings. The monoisotopic (exact) mass is 178 g/mol. The fraction of sp³-hybridized carbons (Fsp3) is 0.455. The Balaban J connectivity index is 2.50. The molecule has 1 aromatic rings. The van der Waals surface area contributed by atoms with Crippen LogP contribution in [0.2, 0.25) is 0 Å². The highest BCUT2D eigenvalue weighted by Crippen LogP contribution is 2.09. The Labute approximate surface area is 80.1 Å². The first kappa shape index (κ1) is 10.1. The molecule has 0 aromatic heterocycles. The van der Waals surface area contributed by atoms with Crippen LogP contribution in [0.5, 0.6) is 0 Å². The quantitative estimate of drug-likeness (QED) is 0.693. The minimum absolute atomic E-state index is 0.555. The van der Waals surface area contributed by atoms with Gasteiger partial charge in [-0.05, 0) is 25.0 Å². The van der Waals surface area contributed by atoms with Crippen LogP contribution in [-0.4, -0.2) is 6.04 Å². The van der Waals surface area contributed by atoms with E-state index in [1.807, 2.05) is 18.2 Å². The highest BCUT2D eigenvalue weighted by Gasteiger charge is 1.99. The Morgan fingerprint density at radius 3 is 2.69 bits per heavy atom. The number of para-hydroxylation sites is 1. The Kier molecular flexibility index (Phi) is 3.77. The summed E-state index contributed by atoms with van der Waals surface area (Å²) in [5.41, 5.74) is 7.86. The topological polar surface area (TPSA) is 38.0 Å². The van der Waals surface area contributed by atoms with Crippen molar-refractivity contribution in [2.24, 2.45) is 0 Å². The SMILES string of the molecule is CCC(C)NCc1ccccc1N. The summed E-state index contributed by atoms with van der Waals surface area (Å²) in [5, 5.41) is 3.41. The zero-order valence-electron chi connectivity index (χ0n) is 8.38. The average Bonchev–Trinajstić information content (AvgIpc) is 2.16. The van der Waals surface area contributed by atoms with Gasteiger partial charge in [0.25, 0.3) is 0 Å². The van der Waals surface area contributed by atoms with Crippen LogP contribution in [0.3, 0.4) is 0 Å². The summed E-state index contributed by atoms with van der Waals surface area (Å²) in [5.74, 6) is 0. The number of nitrogen functional groups attached to an aromatic ring is 1. The number of hydrogen-bond donors (Lipinski definition) is 2. The summed E-state index contributed by atoms with van der Waals surface area (Å²) in [6.07, 6.45) is 1.15. The van der Waals surface area contributed by atoms with Crippen LogP contribution < -0.4 is 11.1 Å². The normalized spacial score (nSPS) is 12.8. The van der Waals surface area contributed by atoms with Crippen molar-refractivity contribution in [1.82, 2.24) is 5.32 Å². The van der Waals surface area contributed by atoms with Gasteiger partial charge in [-0.15, -0.1) is 0 Å². The van der Waals surface area contributed by atoms with Crippen LogP contribution in [0.15, 0.2) is 24.3 Å². The highest BCUT2D eigenvalue weighted by molar-refractivity contribution is 5.46. The molecular formula is C11H18N2. The van der Waals surface area contributed by atoms with Gasteiger partial charge in [-0.1, -0.05) is 25.1 Å². The van der Waals surface area contributed by atoms with Gasteiger partial charge in [0.1, 0.15) is 0 Å². The molecule has 0 spiro atoms. The third kappa shape index (κ3) is 3.07. The van der Waals surface area contributed by atoms with Crippen LogP contribution >= 0.6 is 0 Å². The first-order valence-corrected chi connectivity index (χ1v) is 4.80. The molecule has 0 saturated heterocycles. The minimum Gasteiger partial charge on any atom is -0.398 e. The van der Waals surface area contributed by atoms with Gasteiger partial charge < -0.3 is 11.1 Å². The predicted octanol–water partition coefficient (Wildman–Crippen LogP) is 2.16. The minimum atomic E-state index is 0.555. The molecule has 2 nitrogen and oxygen atoms in total. The number of nitrogens with one attached hydrogen (secondary N) is 1. The Morgan fingerprint density at radius 2 is 2.08 bits per heavy atom. The van der Waals surface area contributed by atoms with E-state index in [-0.39, 0.29) is 0 Å². The molecule has 1 rings (SSSR count). The van der Waals surface area contributed by atoms with E-state index >= 15 is 0 Å². The molecule has 0 aliphatic rings. The van der Waals surface area contributed by atoms with Crippen molar-refractivity contribution in [3.05, 3.63) is 29.8 Å². The first-order valence-electron chi connectivity index (χ1n) is 4.80. The lowest BCUT2D eigenvalue weighted by Gasteiger charge is -2.12. The van der Waals surface area contributed by atoms with E-state index < -0.39 is 0 Å². The van der Waals surface area contributed by atoms with Crippen molar-refractivity contribution < 1.29 is 0 Å². The summed E-state index contributed by atoms with van der Waals surface area (Å²) < 4.78 is 0. The fourth-order valence-corrected chi connectivity index (χ4v) is 1.12. The lowest BCUT2D eigenvalue weighted by atomic mass is 10.1. The van der Waals surface area contributed by atoms with Gasteiger partial charge in [-0.3, -0.25) is 0 Å². The molecule has 0 bridgehead atoms. The second-order valence-electron chi connectivity index (χ2n) is 3.39. The maximum absolute atomic E-state index is 5.81. The van der Waals surface area contributed by atoms with E-state index in [0.29, 0.717) is 6.04 Å². The van der Waals surface area contributed by atoms with Crippen molar-refractivity contribution in [2.75, 3.05) is 5.73 Å². The smallest absolute Gasteiger partial charge is 0.0359 e. The molecule has 1 atom stereocenters. The summed E-state index contributed by atoms with van der Waals surface area (Å²) in [6.45, 7) is 5.22. The van der Waals surface area contributed by atoms with Crippen LogP contribution in [0, 0.1) is 0 Å². The second-order valence-corrected chi connectivity index (χ2v) is 3.39. The first-order chi connectivity index (χ1) is 6.24. The zero-order valence-corrected chi connectivity index (χ0v) is 8.38. The average molecular weight is 178 g/mol. The number of rotatable bonds is 4. The van der Waals surface area contributed by atoms with Crippen LogP contribution in [0.4, 0.5) is 5.69 Å². The molecule has 0 radical (unpaired) electrons. The molecule has 0 aliphatic carbocycles. The Hall–Kier alpha value is -1.02. The van der Waals surface area contributed by atoms with Crippen molar-refractivity contribution in [1.29, 1.82) is 0 Å². The van der Waals surface area contributed by atoms with E-state index in [0.717, 1.165) is 18.7 Å². The van der Waals surface area contributed by atoms with E-state index in [4.69, 9.17) is 5.73 Å². The van der Waals surface area contributed by atoms with Gasteiger partial charge >= 0.3 is 0 Å². The van der Waals surface area contributed by atoms with Crippen molar-refractivity contribution >= 4 is 5.69 Å². The lowest BCUT2D eigenvalue weighted by Crippen LogP contribution is -2.24. The Bertz CT molecular complexity index is 258. The van der Waals surface area contributed by atoms with Gasteiger partial charge in [-0.25, -0.2) is 0 Å². The summed E-state index contributed by atoms with van der Waals surface area (Å²) in [6, 6.07) is 8.53. The maximum atomic E-state index is 5.81. The van der Waals surface area contributed by atoms with Gasteiger partial charge in [-0.2, -0.15) is 0 Å². The van der Waals surface area contributed by atoms with E-state index in [1.54, 1.807) is 0 Å². The molecule has 72 valence electrons. The summed E-state index contributed by atoms with van der Waals surface area (Å²) in [7, 11) is 0. The zero-order chi connectivity index (χ0) is 9.68. The molecule has 0 aliphatic heterocycles. The fourth-order valence-electron chi connectivity index (χ4n) is 1.12. The molecule has 0 saturated carbocycles. The number of anilines is 1. The Morgan fingerprint density at radius 1 is 1.38 bits per heavy atom. The second kappa shape index (κ2) is 4.87. The van der Waals surface area contributed by atoms with Crippen molar-refractivity contribution in [2.45, 2.75) is 32.9 Å². The summed E-state index contributed by atoms with van der Waals surface area (Å²) >= 11 is 0. The molecule has 1 unspecified atom stereocenters. The van der Waals surface area contributed by atoms with E-state index in [1.165, 1.54) is 5.56 Å². The molecule has 13 heavy (non-hydrogen) atoms. The van der Waals surface area contributed by atoms with E-state index in [2.05, 4.69) is 25.2 Å². The third-order valence-electron chi connectivity index (χ3n) is 2.31. The molecule has 3 N–H and O–H groups in total. The highest BCUT2D eigenvalue weighted by atomic mass is 14.9. The van der Waals surface area contributed by atoms with Gasteiger partial charge in [0.05, 0.1) is 0 Å². The molecular weight excluding hydrogens is 160 g/mol. The standard InChI is InChI=1S/C11H18N2/c1-3-9(2)13-8-10-6-4-5-7-11(10)12/h4-7,9,13H,3,8,12H2,1-2H3. The lowest BCUT2D eigenvalue weighted by molar-refractivity contribution is 0.535. The molecule has 2 heteroatoms. The van der Waals surface area contributed by atoms with Gasteiger partial charge in [0.2, 0.25) is 0 Å². The third-order valence-corrected chi connectivity index (χ3v) is 2.31. The van der Waals surface area contributed by atoms with E-state index in [9.17, 15) is 0 Å². The largest absolute Gasteiger partial charge is 0.398 e. The van der Waals surface area contributed by atoms with Gasteiger partial charge in [0, 0.05) is 18.3 Å². The molecule has 0 amide bonds. The molecule has 0 heterocycles. The number of nitrogens with two attached hydrogens (primary N) is 1. The maximum Gasteiger partial charge on any atom is 0.0359 e. The van der Waals surface area contributed by atoms with Crippen molar-refractivity contribution in [3.63, 3.8) is 0 Å². The number of hydrogen-bond acceptors (Lipinski definition) is 2. The van der Waals surface area contributed by atoms with Crippen LogP contribution in [0.25, 0.3) is 0 Å². The van der Waals surface area contributed by atoms with Gasteiger partial charge in [0.15, 0.2) is 0 Å². The van der Waals surface area contributed by atoms with Crippen molar-refractivity contribution in [3.8, 4) is 0 Å². The number of benzene rings is 1. The predicted molar refractivity (Wildman–Crippen MR) is 57.4 cm³/mol. The summed E-state index contributed by atoms with van der Waals surface area (Å²) in [4.78, 5) is 0. The molecule has 1 aromatic carbocycles. The van der Waals surface area contributed by atoms with Crippen LogP contribution in [-0.2, 0) is 6.54 Å².